The number of aliphatic hydroxyl groups excluding tert-OH is 1. The van der Waals surface area contributed by atoms with Crippen molar-refractivity contribution < 1.29 is 9.52 Å². The second-order valence-corrected chi connectivity index (χ2v) is 6.75. The molecule has 0 amide bonds. The highest BCUT2D eigenvalue weighted by atomic mass is 79.9. The first-order chi connectivity index (χ1) is 8.70. The summed E-state index contributed by atoms with van der Waals surface area (Å²) in [4.78, 5) is 3.08. The van der Waals surface area contributed by atoms with E-state index < -0.39 is 0 Å². The van der Waals surface area contributed by atoms with Crippen LogP contribution in [0.2, 0.25) is 0 Å². The summed E-state index contributed by atoms with van der Waals surface area (Å²) in [5.74, 6) is 1.16. The summed E-state index contributed by atoms with van der Waals surface area (Å²) in [5, 5.41) is 17.5. The maximum absolute atomic E-state index is 9.45. The van der Waals surface area contributed by atoms with Gasteiger partial charge in [0.05, 0.1) is 21.3 Å². The Morgan fingerprint density at radius 1 is 1.50 bits per heavy atom. The van der Waals surface area contributed by atoms with Crippen LogP contribution in [0, 0.1) is 0 Å². The molecule has 1 fully saturated rings. The molecule has 2 aromatic rings. The molecule has 0 aliphatic carbocycles. The Morgan fingerprint density at radius 3 is 3.06 bits per heavy atom. The fraction of sp³-hybridized carbons (Fsp3) is 0.455. The maximum atomic E-state index is 9.45. The average Bonchev–Trinajstić information content (AvgIpc) is 3.01. The Balaban J connectivity index is 1.70. The lowest BCUT2D eigenvalue weighted by molar-refractivity contribution is 0.171. The molecule has 0 unspecified atom stereocenters. The predicted molar refractivity (Wildman–Crippen MR) is 71.2 cm³/mol. The molecule has 1 atom stereocenters. The van der Waals surface area contributed by atoms with E-state index >= 15 is 0 Å². The number of aromatic nitrogens is 2. The SMILES string of the molecule is O[C@@H]1CCN(Cc2nnc(-c3ccc(Br)s3)o2)C1. The van der Waals surface area contributed by atoms with Crippen LogP contribution in [0.15, 0.2) is 20.3 Å². The normalized spacial score (nSPS) is 20.7. The number of hydrogen-bond donors (Lipinski definition) is 1. The molecule has 0 spiro atoms. The number of nitrogens with zero attached hydrogens (tertiary/aromatic N) is 3. The smallest absolute Gasteiger partial charge is 0.257 e. The van der Waals surface area contributed by atoms with Crippen LogP contribution in [0.1, 0.15) is 12.3 Å². The zero-order valence-electron chi connectivity index (χ0n) is 9.54. The maximum Gasteiger partial charge on any atom is 0.257 e. The van der Waals surface area contributed by atoms with Crippen LogP contribution in [0.25, 0.3) is 10.8 Å². The minimum Gasteiger partial charge on any atom is -0.419 e. The number of halogens is 1. The molecule has 0 radical (unpaired) electrons. The van der Waals surface area contributed by atoms with Crippen molar-refractivity contribution in [3.8, 4) is 10.8 Å². The number of aliphatic hydroxyl groups is 1. The lowest BCUT2D eigenvalue weighted by atomic mass is 10.3. The van der Waals surface area contributed by atoms with Gasteiger partial charge in [-0.25, -0.2) is 0 Å². The van der Waals surface area contributed by atoms with E-state index in [9.17, 15) is 5.11 Å². The van der Waals surface area contributed by atoms with Crippen LogP contribution in [-0.2, 0) is 6.54 Å². The molecule has 1 aliphatic heterocycles. The number of hydrogen-bond acceptors (Lipinski definition) is 6. The minimum absolute atomic E-state index is 0.222. The van der Waals surface area contributed by atoms with Gasteiger partial charge in [-0.3, -0.25) is 4.90 Å². The Bertz CT molecular complexity index is 542. The molecule has 0 aromatic carbocycles. The van der Waals surface area contributed by atoms with Crippen LogP contribution in [0.5, 0.6) is 0 Å². The third kappa shape index (κ3) is 2.64. The second-order valence-electron chi connectivity index (χ2n) is 4.28. The van der Waals surface area contributed by atoms with Gasteiger partial charge in [0.2, 0.25) is 5.89 Å². The topological polar surface area (TPSA) is 62.4 Å². The quantitative estimate of drug-likeness (QED) is 0.934. The fourth-order valence-corrected chi connectivity index (χ4v) is 3.30. The van der Waals surface area contributed by atoms with Gasteiger partial charge in [-0.2, -0.15) is 0 Å². The van der Waals surface area contributed by atoms with E-state index in [2.05, 4.69) is 31.0 Å². The van der Waals surface area contributed by atoms with E-state index in [1.54, 1.807) is 11.3 Å². The number of thiophene rings is 1. The van der Waals surface area contributed by atoms with Gasteiger partial charge in [-0.15, -0.1) is 21.5 Å². The van der Waals surface area contributed by atoms with Crippen molar-refractivity contribution in [3.63, 3.8) is 0 Å². The molecule has 1 aliphatic rings. The van der Waals surface area contributed by atoms with Crippen LogP contribution in [0.3, 0.4) is 0 Å². The third-order valence-corrected chi connectivity index (χ3v) is 4.47. The third-order valence-electron chi connectivity index (χ3n) is 2.86. The molecule has 1 N–H and O–H groups in total. The molecule has 5 nitrogen and oxygen atoms in total. The highest BCUT2D eigenvalue weighted by molar-refractivity contribution is 9.11. The fourth-order valence-electron chi connectivity index (χ4n) is 1.99. The van der Waals surface area contributed by atoms with Crippen molar-refractivity contribution in [1.82, 2.24) is 15.1 Å². The van der Waals surface area contributed by atoms with Gasteiger partial charge in [0.1, 0.15) is 0 Å². The van der Waals surface area contributed by atoms with Gasteiger partial charge in [0.25, 0.3) is 5.89 Å². The van der Waals surface area contributed by atoms with Crippen LogP contribution < -0.4 is 0 Å². The van der Waals surface area contributed by atoms with Crippen LogP contribution in [-0.4, -0.2) is 39.4 Å². The molecule has 3 heterocycles. The lowest BCUT2D eigenvalue weighted by Gasteiger charge is -2.10. The zero-order valence-corrected chi connectivity index (χ0v) is 11.9. The highest BCUT2D eigenvalue weighted by Gasteiger charge is 2.22. The zero-order chi connectivity index (χ0) is 12.5. The first kappa shape index (κ1) is 12.3. The van der Waals surface area contributed by atoms with E-state index in [0.717, 1.165) is 21.6 Å². The summed E-state index contributed by atoms with van der Waals surface area (Å²) in [6, 6.07) is 3.91. The summed E-state index contributed by atoms with van der Waals surface area (Å²) in [5.41, 5.74) is 0. The van der Waals surface area contributed by atoms with E-state index in [-0.39, 0.29) is 6.10 Å². The highest BCUT2D eigenvalue weighted by Crippen LogP contribution is 2.30. The first-order valence-electron chi connectivity index (χ1n) is 5.69. The van der Waals surface area contributed by atoms with Crippen molar-refractivity contribution in [3.05, 3.63) is 21.8 Å². The van der Waals surface area contributed by atoms with Gasteiger partial charge in [-0.1, -0.05) is 0 Å². The Morgan fingerprint density at radius 2 is 2.39 bits per heavy atom. The van der Waals surface area contributed by atoms with Gasteiger partial charge in [-0.05, 0) is 34.5 Å². The van der Waals surface area contributed by atoms with Gasteiger partial charge >= 0.3 is 0 Å². The first-order valence-corrected chi connectivity index (χ1v) is 7.30. The van der Waals surface area contributed by atoms with E-state index in [1.165, 1.54) is 0 Å². The molecule has 18 heavy (non-hydrogen) atoms. The summed E-state index contributed by atoms with van der Waals surface area (Å²) < 4.78 is 6.67. The van der Waals surface area contributed by atoms with Crippen molar-refractivity contribution >= 4 is 27.3 Å². The summed E-state index contributed by atoms with van der Waals surface area (Å²) in [7, 11) is 0. The van der Waals surface area contributed by atoms with E-state index in [1.807, 2.05) is 12.1 Å². The average molecular weight is 330 g/mol. The molecule has 96 valence electrons. The van der Waals surface area contributed by atoms with Crippen molar-refractivity contribution in [1.29, 1.82) is 0 Å². The summed E-state index contributed by atoms with van der Waals surface area (Å²) in [6.45, 7) is 2.17. The van der Waals surface area contributed by atoms with Crippen LogP contribution in [0.4, 0.5) is 0 Å². The molecule has 7 heteroatoms. The Labute approximate surface area is 117 Å². The monoisotopic (exact) mass is 329 g/mol. The van der Waals surface area contributed by atoms with Gasteiger partial charge < -0.3 is 9.52 Å². The van der Waals surface area contributed by atoms with E-state index in [0.29, 0.717) is 24.9 Å². The molecule has 0 bridgehead atoms. The standard InChI is InChI=1S/C11H12BrN3O2S/c12-9-2-1-8(18-9)11-14-13-10(17-11)6-15-4-3-7(16)5-15/h1-2,7,16H,3-6H2/t7-/m1/s1. The minimum atomic E-state index is -0.222. The van der Waals surface area contributed by atoms with E-state index in [4.69, 9.17) is 4.42 Å². The molecular formula is C11H12BrN3O2S. The molecular weight excluding hydrogens is 318 g/mol. The van der Waals surface area contributed by atoms with Crippen molar-refractivity contribution in [2.75, 3.05) is 13.1 Å². The van der Waals surface area contributed by atoms with Gasteiger partial charge in [0, 0.05) is 13.1 Å². The van der Waals surface area contributed by atoms with Gasteiger partial charge in [0.15, 0.2) is 0 Å². The predicted octanol–water partition coefficient (Wildman–Crippen LogP) is 2.13. The molecule has 0 saturated carbocycles. The van der Waals surface area contributed by atoms with Crippen LogP contribution >= 0.6 is 27.3 Å². The number of β-amino-alcohol motifs (C(OH)–C–C–N with tert-alkyl or cyclic N) is 1. The number of rotatable bonds is 3. The molecule has 3 rings (SSSR count). The molecule has 1 saturated heterocycles. The summed E-state index contributed by atoms with van der Waals surface area (Å²) in [6.07, 6.45) is 0.597. The largest absolute Gasteiger partial charge is 0.419 e. The Kier molecular flexibility index (Phi) is 3.47. The number of likely N-dealkylation sites (tertiary alicyclic amines) is 1. The Hall–Kier alpha value is -0.760. The van der Waals surface area contributed by atoms with Crippen molar-refractivity contribution in [2.24, 2.45) is 0 Å². The molecule has 2 aromatic heterocycles. The summed E-state index contributed by atoms with van der Waals surface area (Å²) >= 11 is 4.97. The lowest BCUT2D eigenvalue weighted by Crippen LogP contribution is -2.21. The van der Waals surface area contributed by atoms with Crippen molar-refractivity contribution in [2.45, 2.75) is 19.1 Å². The second kappa shape index (κ2) is 5.08.